The van der Waals surface area contributed by atoms with Crippen LogP contribution in [-0.4, -0.2) is 34.1 Å². The van der Waals surface area contributed by atoms with Crippen LogP contribution in [0.15, 0.2) is 0 Å². The number of rotatable bonds is 0. The van der Waals surface area contributed by atoms with Crippen molar-refractivity contribution in [2.75, 3.05) is 13.2 Å². The number of ether oxygens (including phenoxy) is 2. The summed E-state index contributed by atoms with van der Waals surface area (Å²) in [6, 6.07) is 0. The van der Waals surface area contributed by atoms with E-state index >= 15 is 0 Å². The monoisotopic (exact) mass is 318 g/mol. The molecule has 5 heteroatoms. The summed E-state index contributed by atoms with van der Waals surface area (Å²) in [4.78, 5) is 8.92. The minimum absolute atomic E-state index is 0.0666. The molecule has 2 fully saturated rings. The molecule has 1 aliphatic heterocycles. The van der Waals surface area contributed by atoms with Gasteiger partial charge in [0.1, 0.15) is 5.82 Å². The van der Waals surface area contributed by atoms with Gasteiger partial charge >= 0.3 is 0 Å². The van der Waals surface area contributed by atoms with E-state index in [1.807, 2.05) is 6.92 Å². The molecule has 0 amide bonds. The van der Waals surface area contributed by atoms with Crippen LogP contribution >= 0.6 is 0 Å². The Balaban J connectivity index is 1.83. The molecule has 5 nitrogen and oxygen atoms in total. The molecule has 0 radical (unpaired) electrons. The van der Waals surface area contributed by atoms with E-state index in [0.29, 0.717) is 25.0 Å². The zero-order valence-corrected chi connectivity index (χ0v) is 14.5. The number of aromatic hydroxyl groups is 1. The molecule has 23 heavy (non-hydrogen) atoms. The molecular weight excluding hydrogens is 292 g/mol. The van der Waals surface area contributed by atoms with E-state index in [9.17, 15) is 5.11 Å². The third-order valence-corrected chi connectivity index (χ3v) is 6.67. The molecule has 1 aromatic rings. The maximum Gasteiger partial charge on any atom is 0.217 e. The van der Waals surface area contributed by atoms with Gasteiger partial charge in [-0.3, -0.25) is 0 Å². The van der Waals surface area contributed by atoms with Crippen molar-refractivity contribution >= 4 is 0 Å². The summed E-state index contributed by atoms with van der Waals surface area (Å²) in [5.41, 5.74) is 1.82. The molecule has 2 aliphatic carbocycles. The van der Waals surface area contributed by atoms with E-state index < -0.39 is 5.79 Å². The van der Waals surface area contributed by atoms with E-state index in [2.05, 4.69) is 25.8 Å². The average molecular weight is 318 g/mol. The first-order chi connectivity index (χ1) is 10.8. The van der Waals surface area contributed by atoms with Crippen molar-refractivity contribution in [2.24, 2.45) is 11.3 Å². The molecule has 1 N–H and O–H groups in total. The molecule has 0 bridgehead atoms. The molecule has 4 rings (SSSR count). The Hall–Kier alpha value is -1.20. The van der Waals surface area contributed by atoms with Gasteiger partial charge in [-0.2, -0.15) is 4.98 Å². The van der Waals surface area contributed by atoms with E-state index in [-0.39, 0.29) is 16.7 Å². The van der Waals surface area contributed by atoms with Crippen molar-refractivity contribution in [3.63, 3.8) is 0 Å². The summed E-state index contributed by atoms with van der Waals surface area (Å²) in [6.07, 6.45) is 3.66. The highest BCUT2D eigenvalue weighted by Crippen LogP contribution is 2.62. The second kappa shape index (κ2) is 4.67. The van der Waals surface area contributed by atoms with E-state index in [1.54, 1.807) is 0 Å². The minimum Gasteiger partial charge on any atom is -0.493 e. The largest absolute Gasteiger partial charge is 0.493 e. The summed E-state index contributed by atoms with van der Waals surface area (Å²) < 4.78 is 12.2. The Labute approximate surface area is 137 Å². The van der Waals surface area contributed by atoms with Gasteiger partial charge < -0.3 is 14.6 Å². The molecule has 2 atom stereocenters. The average Bonchev–Trinajstić information content (AvgIpc) is 2.95. The van der Waals surface area contributed by atoms with E-state index in [0.717, 1.165) is 36.9 Å². The lowest BCUT2D eigenvalue weighted by molar-refractivity contribution is -0.276. The molecule has 126 valence electrons. The minimum atomic E-state index is -0.460. The first-order valence-electron chi connectivity index (χ1n) is 8.65. The molecule has 1 spiro atoms. The second-order valence-electron chi connectivity index (χ2n) is 8.10. The van der Waals surface area contributed by atoms with E-state index in [1.165, 1.54) is 0 Å². The maximum atomic E-state index is 10.3. The van der Waals surface area contributed by atoms with Gasteiger partial charge in [0.25, 0.3) is 0 Å². The van der Waals surface area contributed by atoms with Gasteiger partial charge in [-0.25, -0.2) is 4.98 Å². The van der Waals surface area contributed by atoms with Crippen molar-refractivity contribution in [1.29, 1.82) is 0 Å². The van der Waals surface area contributed by atoms with Crippen molar-refractivity contribution in [1.82, 2.24) is 9.97 Å². The zero-order chi connectivity index (χ0) is 16.5. The molecule has 1 aromatic heterocycles. The predicted octanol–water partition coefficient (Wildman–Crippen LogP) is 2.87. The smallest absolute Gasteiger partial charge is 0.217 e. The Bertz CT molecular complexity index is 652. The fourth-order valence-corrected chi connectivity index (χ4v) is 5.49. The van der Waals surface area contributed by atoms with Crippen LogP contribution in [0.3, 0.4) is 0 Å². The van der Waals surface area contributed by atoms with Crippen LogP contribution in [0.1, 0.15) is 57.1 Å². The van der Waals surface area contributed by atoms with Gasteiger partial charge in [0, 0.05) is 22.8 Å². The number of aryl methyl sites for hydroxylation is 1. The molecule has 1 saturated carbocycles. The molecule has 2 heterocycles. The van der Waals surface area contributed by atoms with Crippen LogP contribution in [0.5, 0.6) is 5.88 Å². The zero-order valence-electron chi connectivity index (χ0n) is 14.5. The van der Waals surface area contributed by atoms with Crippen molar-refractivity contribution in [2.45, 2.75) is 64.6 Å². The summed E-state index contributed by atoms with van der Waals surface area (Å²) in [5.74, 6) is 0.759. The number of hydrogen-bond acceptors (Lipinski definition) is 5. The Morgan fingerprint density at radius 3 is 2.48 bits per heavy atom. The Morgan fingerprint density at radius 1 is 1.09 bits per heavy atom. The topological polar surface area (TPSA) is 64.5 Å². The summed E-state index contributed by atoms with van der Waals surface area (Å²) in [7, 11) is 0. The number of nitrogens with zero attached hydrogens (tertiary/aromatic N) is 2. The van der Waals surface area contributed by atoms with Gasteiger partial charge in [-0.15, -0.1) is 0 Å². The predicted molar refractivity (Wildman–Crippen MR) is 85.2 cm³/mol. The molecular formula is C18H26N2O3. The number of fused-ring (bicyclic) bond motifs is 3. The molecule has 1 saturated heterocycles. The Kier molecular flexibility index (Phi) is 3.11. The van der Waals surface area contributed by atoms with Crippen LogP contribution in [0, 0.1) is 18.3 Å². The van der Waals surface area contributed by atoms with Crippen LogP contribution in [-0.2, 0) is 21.3 Å². The van der Waals surface area contributed by atoms with Crippen LogP contribution in [0.2, 0.25) is 0 Å². The van der Waals surface area contributed by atoms with Gasteiger partial charge in [0.15, 0.2) is 5.79 Å². The summed E-state index contributed by atoms with van der Waals surface area (Å²) >= 11 is 0. The quantitative estimate of drug-likeness (QED) is 0.797. The van der Waals surface area contributed by atoms with Gasteiger partial charge in [-0.05, 0) is 32.1 Å². The lowest BCUT2D eigenvalue weighted by Gasteiger charge is -2.59. The SMILES string of the molecule is Cc1nc(O)c2c(n1)[C@@]1(C)CCC3(OCCO3)C(C)(C)[C@@H]1CC2. The third-order valence-electron chi connectivity index (χ3n) is 6.67. The van der Waals surface area contributed by atoms with Gasteiger partial charge in [0.05, 0.1) is 18.9 Å². The van der Waals surface area contributed by atoms with Crippen LogP contribution in [0.4, 0.5) is 0 Å². The fourth-order valence-electron chi connectivity index (χ4n) is 5.49. The number of aromatic nitrogens is 2. The van der Waals surface area contributed by atoms with Crippen LogP contribution in [0.25, 0.3) is 0 Å². The normalized spacial score (nSPS) is 34.2. The molecule has 3 aliphatic rings. The lowest BCUT2D eigenvalue weighted by atomic mass is 9.49. The fraction of sp³-hybridized carbons (Fsp3) is 0.778. The van der Waals surface area contributed by atoms with Crippen molar-refractivity contribution in [3.8, 4) is 5.88 Å². The van der Waals surface area contributed by atoms with Crippen LogP contribution < -0.4 is 0 Å². The highest BCUT2D eigenvalue weighted by atomic mass is 16.7. The van der Waals surface area contributed by atoms with Gasteiger partial charge in [0.2, 0.25) is 5.88 Å². The second-order valence-corrected chi connectivity index (χ2v) is 8.10. The first kappa shape index (κ1) is 15.3. The van der Waals surface area contributed by atoms with Crippen molar-refractivity contribution < 1.29 is 14.6 Å². The van der Waals surface area contributed by atoms with E-state index in [4.69, 9.17) is 14.5 Å². The summed E-state index contributed by atoms with van der Waals surface area (Å²) in [6.45, 7) is 10.1. The Morgan fingerprint density at radius 2 is 1.78 bits per heavy atom. The van der Waals surface area contributed by atoms with Gasteiger partial charge in [-0.1, -0.05) is 20.8 Å². The first-order valence-corrected chi connectivity index (χ1v) is 8.65. The standard InChI is InChI=1S/C18H26N2O3/c1-11-19-14-12(15(21)20-11)5-6-13-16(2,3)18(22-9-10-23-18)8-7-17(13,14)4/h13H,5-10H2,1-4H3,(H,19,20,21)/t13-,17-/m0/s1. The van der Waals surface area contributed by atoms with Crippen molar-refractivity contribution in [3.05, 3.63) is 17.1 Å². The molecule has 0 aromatic carbocycles. The maximum absolute atomic E-state index is 10.3. The third kappa shape index (κ3) is 1.86. The number of hydrogen-bond donors (Lipinski definition) is 1. The lowest BCUT2D eigenvalue weighted by Crippen LogP contribution is -2.61. The highest BCUT2D eigenvalue weighted by Gasteiger charge is 2.63. The summed E-state index contributed by atoms with van der Waals surface area (Å²) in [5, 5.41) is 10.3. The highest BCUT2D eigenvalue weighted by molar-refractivity contribution is 5.39. The molecule has 0 unspecified atom stereocenters.